The third-order valence-corrected chi connectivity index (χ3v) is 5.01. The molecule has 2 aromatic heterocycles. The van der Waals surface area contributed by atoms with Crippen molar-refractivity contribution in [3.05, 3.63) is 48.2 Å². The number of halogens is 1. The van der Waals surface area contributed by atoms with E-state index in [-0.39, 0.29) is 5.75 Å². The van der Waals surface area contributed by atoms with E-state index in [1.165, 1.54) is 50.6 Å². The molecule has 142 valence electrons. The molecule has 0 unspecified atom stereocenters. The Bertz CT molecular complexity index is 918. The molecule has 1 aliphatic heterocycles. The number of nitrogens with two attached hydrogens (primary N) is 1. The lowest BCUT2D eigenvalue weighted by Crippen LogP contribution is -2.26. The van der Waals surface area contributed by atoms with Gasteiger partial charge in [-0.25, -0.2) is 8.91 Å². The Balaban J connectivity index is 1.62. The normalized spacial score (nSPS) is 16.2. The molecule has 6 nitrogen and oxygen atoms in total. The van der Waals surface area contributed by atoms with Gasteiger partial charge in [-0.1, -0.05) is 19.3 Å². The topological polar surface area (TPSA) is 68.7 Å². The van der Waals surface area contributed by atoms with Gasteiger partial charge in [-0.2, -0.15) is 10.1 Å². The van der Waals surface area contributed by atoms with Crippen molar-refractivity contribution in [2.24, 2.45) is 0 Å². The molecule has 1 aromatic carbocycles. The van der Waals surface area contributed by atoms with Crippen molar-refractivity contribution in [3.63, 3.8) is 0 Å². The van der Waals surface area contributed by atoms with E-state index < -0.39 is 5.82 Å². The van der Waals surface area contributed by atoms with Crippen LogP contribution < -0.4 is 10.5 Å². The van der Waals surface area contributed by atoms with E-state index in [9.17, 15) is 4.39 Å². The average Bonchev–Trinajstić information content (AvgIpc) is 3.03. The van der Waals surface area contributed by atoms with E-state index in [2.05, 4.69) is 15.0 Å². The first-order valence-corrected chi connectivity index (χ1v) is 9.47. The van der Waals surface area contributed by atoms with Crippen LogP contribution in [0.4, 0.5) is 10.1 Å². The minimum atomic E-state index is -0.511. The second-order valence-corrected chi connectivity index (χ2v) is 7.04. The number of anilines is 1. The summed E-state index contributed by atoms with van der Waals surface area (Å²) in [5.74, 6) is -0.0624. The van der Waals surface area contributed by atoms with Gasteiger partial charge in [0.25, 0.3) is 0 Å². The number of aromatic nitrogens is 3. The summed E-state index contributed by atoms with van der Waals surface area (Å²) in [4.78, 5) is 6.72. The number of nitrogen functional groups attached to an aromatic ring is 1. The molecule has 0 aliphatic carbocycles. The van der Waals surface area contributed by atoms with Crippen LogP contribution in [0.1, 0.15) is 37.7 Å². The molecule has 0 bridgehead atoms. The number of fused-ring (bicyclic) bond motifs is 1. The maximum Gasteiger partial charge on any atom is 0.247 e. The molecule has 0 amide bonds. The van der Waals surface area contributed by atoms with Crippen LogP contribution in [-0.4, -0.2) is 32.6 Å². The number of likely N-dealkylation sites (tertiary alicyclic amines) is 1. The number of nitrogens with zero attached hydrogens (tertiary/aromatic N) is 4. The molecule has 1 aliphatic rings. The molecular weight excluding hydrogens is 345 g/mol. The zero-order valence-corrected chi connectivity index (χ0v) is 15.3. The molecule has 3 aromatic rings. The molecule has 2 N–H and O–H groups in total. The Hall–Kier alpha value is -2.67. The molecule has 0 radical (unpaired) electrons. The molecular formula is C20H24FN5O. The van der Waals surface area contributed by atoms with E-state index in [4.69, 9.17) is 10.5 Å². The van der Waals surface area contributed by atoms with Crippen molar-refractivity contribution in [1.82, 2.24) is 19.5 Å². The Morgan fingerprint density at radius 3 is 2.63 bits per heavy atom. The second-order valence-electron chi connectivity index (χ2n) is 7.04. The lowest BCUT2D eigenvalue weighted by atomic mass is 10.1. The molecule has 0 spiro atoms. The van der Waals surface area contributed by atoms with Gasteiger partial charge in [-0.15, -0.1) is 0 Å². The highest BCUT2D eigenvalue weighted by Crippen LogP contribution is 2.30. The Kier molecular flexibility index (Phi) is 5.20. The van der Waals surface area contributed by atoms with Gasteiger partial charge >= 0.3 is 0 Å². The zero-order valence-electron chi connectivity index (χ0n) is 15.3. The summed E-state index contributed by atoms with van der Waals surface area (Å²) in [6.07, 6.45) is 9.67. The number of hydrogen-bond donors (Lipinski definition) is 1. The number of ether oxygens (including phenoxy) is 1. The minimum absolute atomic E-state index is 0.100. The summed E-state index contributed by atoms with van der Waals surface area (Å²) >= 11 is 0. The van der Waals surface area contributed by atoms with Crippen molar-refractivity contribution in [2.75, 3.05) is 18.8 Å². The van der Waals surface area contributed by atoms with Crippen molar-refractivity contribution >= 4 is 11.2 Å². The van der Waals surface area contributed by atoms with Crippen LogP contribution in [0.25, 0.3) is 5.52 Å². The lowest BCUT2D eigenvalue weighted by molar-refractivity contribution is 0.240. The Labute approximate surface area is 157 Å². The van der Waals surface area contributed by atoms with Crippen LogP contribution in [0.3, 0.4) is 0 Å². The van der Waals surface area contributed by atoms with Crippen LogP contribution in [0.2, 0.25) is 0 Å². The predicted molar refractivity (Wildman–Crippen MR) is 102 cm³/mol. The predicted octanol–water partition coefficient (Wildman–Crippen LogP) is 4.01. The standard InChI is InChI=1S/C20H24FN5O/c21-17-12-16(22)6-7-18(17)27-20-19-15(8-11-26(19)24-14-23-20)13-25-9-4-2-1-3-5-10-25/h6-8,11-12,14H,1-5,9-10,13,22H2. The van der Waals surface area contributed by atoms with Crippen molar-refractivity contribution in [2.45, 2.75) is 38.6 Å². The summed E-state index contributed by atoms with van der Waals surface area (Å²) in [6.45, 7) is 2.99. The third-order valence-electron chi connectivity index (χ3n) is 5.01. The molecule has 0 atom stereocenters. The van der Waals surface area contributed by atoms with Crippen molar-refractivity contribution in [1.29, 1.82) is 0 Å². The van der Waals surface area contributed by atoms with Crippen LogP contribution in [0, 0.1) is 5.82 Å². The van der Waals surface area contributed by atoms with Crippen LogP contribution >= 0.6 is 0 Å². The quantitative estimate of drug-likeness (QED) is 0.704. The molecule has 1 saturated heterocycles. The monoisotopic (exact) mass is 369 g/mol. The van der Waals surface area contributed by atoms with Gasteiger partial charge in [0.15, 0.2) is 11.6 Å². The Morgan fingerprint density at radius 2 is 1.85 bits per heavy atom. The summed E-state index contributed by atoms with van der Waals surface area (Å²) in [5, 5.41) is 4.26. The third kappa shape index (κ3) is 4.03. The first-order valence-electron chi connectivity index (χ1n) is 9.47. The molecule has 4 rings (SSSR count). The highest BCUT2D eigenvalue weighted by Gasteiger charge is 2.17. The molecule has 3 heterocycles. The minimum Gasteiger partial charge on any atom is -0.434 e. The highest BCUT2D eigenvalue weighted by atomic mass is 19.1. The fourth-order valence-electron chi connectivity index (χ4n) is 3.61. The van der Waals surface area contributed by atoms with Gasteiger partial charge in [0.05, 0.1) is 0 Å². The van der Waals surface area contributed by atoms with E-state index in [1.54, 1.807) is 10.6 Å². The van der Waals surface area contributed by atoms with Gasteiger partial charge in [0, 0.05) is 24.5 Å². The van der Waals surface area contributed by atoms with Crippen LogP contribution in [0.15, 0.2) is 36.8 Å². The molecule has 27 heavy (non-hydrogen) atoms. The van der Waals surface area contributed by atoms with Gasteiger partial charge in [-0.3, -0.25) is 4.90 Å². The van der Waals surface area contributed by atoms with E-state index >= 15 is 0 Å². The number of rotatable bonds is 4. The van der Waals surface area contributed by atoms with Crippen LogP contribution in [0.5, 0.6) is 11.6 Å². The number of benzene rings is 1. The fourth-order valence-corrected chi connectivity index (χ4v) is 3.61. The maximum absolute atomic E-state index is 14.2. The largest absolute Gasteiger partial charge is 0.434 e. The smallest absolute Gasteiger partial charge is 0.247 e. The number of hydrogen-bond acceptors (Lipinski definition) is 5. The first kappa shape index (κ1) is 17.7. The van der Waals surface area contributed by atoms with Crippen LogP contribution in [-0.2, 0) is 6.54 Å². The van der Waals surface area contributed by atoms with E-state index in [0.717, 1.165) is 30.7 Å². The molecule has 1 fully saturated rings. The van der Waals surface area contributed by atoms with Gasteiger partial charge in [-0.05, 0) is 49.7 Å². The SMILES string of the molecule is Nc1ccc(Oc2ncnn3ccc(CN4CCCCCCC4)c23)c(F)c1. The van der Waals surface area contributed by atoms with E-state index in [1.807, 2.05) is 12.3 Å². The zero-order chi connectivity index (χ0) is 18.6. The van der Waals surface area contributed by atoms with Crippen molar-refractivity contribution in [3.8, 4) is 11.6 Å². The fraction of sp³-hybridized carbons (Fsp3) is 0.400. The second kappa shape index (κ2) is 7.92. The average molecular weight is 369 g/mol. The lowest BCUT2D eigenvalue weighted by Gasteiger charge is -2.24. The Morgan fingerprint density at radius 1 is 1.07 bits per heavy atom. The maximum atomic E-state index is 14.2. The van der Waals surface area contributed by atoms with Crippen molar-refractivity contribution < 1.29 is 9.13 Å². The van der Waals surface area contributed by atoms with Gasteiger partial charge in [0.2, 0.25) is 5.88 Å². The van der Waals surface area contributed by atoms with Gasteiger partial charge in [0.1, 0.15) is 11.8 Å². The van der Waals surface area contributed by atoms with Gasteiger partial charge < -0.3 is 10.5 Å². The summed E-state index contributed by atoms with van der Waals surface area (Å²) in [7, 11) is 0. The summed E-state index contributed by atoms with van der Waals surface area (Å²) in [6, 6.07) is 6.40. The summed E-state index contributed by atoms with van der Waals surface area (Å²) in [5.41, 5.74) is 7.83. The van der Waals surface area contributed by atoms with E-state index in [0.29, 0.717) is 11.6 Å². The molecule has 7 heteroatoms. The molecule has 0 saturated carbocycles. The highest BCUT2D eigenvalue weighted by molar-refractivity contribution is 5.63. The first-order chi connectivity index (χ1) is 13.2. The summed E-state index contributed by atoms with van der Waals surface area (Å²) < 4.78 is 21.7.